The van der Waals surface area contributed by atoms with E-state index in [1.165, 1.54) is 40.9 Å². The average molecular weight is 357 g/mol. The maximum Gasteiger partial charge on any atom is 0.0443 e. The fraction of sp³-hybridized carbons (Fsp3) is 0.280. The summed E-state index contributed by atoms with van der Waals surface area (Å²) in [6.45, 7) is 3.09. The lowest BCUT2D eigenvalue weighted by molar-refractivity contribution is 0.624. The van der Waals surface area contributed by atoms with Crippen molar-refractivity contribution in [1.82, 2.24) is 5.32 Å². The first-order valence-corrected chi connectivity index (χ1v) is 10.1. The van der Waals surface area contributed by atoms with Gasteiger partial charge in [-0.3, -0.25) is 0 Å². The highest BCUT2D eigenvalue weighted by atomic mass is 15.1. The van der Waals surface area contributed by atoms with Gasteiger partial charge in [0, 0.05) is 24.5 Å². The quantitative estimate of drug-likeness (QED) is 0.563. The van der Waals surface area contributed by atoms with Crippen LogP contribution in [0.25, 0.3) is 0 Å². The Kier molecular flexibility index (Phi) is 5.86. The van der Waals surface area contributed by atoms with E-state index in [4.69, 9.17) is 0 Å². The first kappa shape index (κ1) is 17.8. The van der Waals surface area contributed by atoms with Crippen molar-refractivity contribution >= 4 is 11.4 Å². The summed E-state index contributed by atoms with van der Waals surface area (Å²) in [5, 5.41) is 3.57. The Balaban J connectivity index is 1.37. The number of anilines is 2. The van der Waals surface area contributed by atoms with E-state index in [0.29, 0.717) is 0 Å². The van der Waals surface area contributed by atoms with Gasteiger partial charge >= 0.3 is 0 Å². The molecule has 138 valence electrons. The molecule has 0 fully saturated rings. The first-order chi connectivity index (χ1) is 13.4. The van der Waals surface area contributed by atoms with Gasteiger partial charge in [-0.15, -0.1) is 0 Å². The SMILES string of the molecule is c1ccc(CNCCCCN2c3ccccc3CCc3ccccc32)cc1. The minimum Gasteiger partial charge on any atom is -0.341 e. The van der Waals surface area contributed by atoms with Crippen LogP contribution in [0.4, 0.5) is 11.4 Å². The van der Waals surface area contributed by atoms with Crippen LogP contribution >= 0.6 is 0 Å². The molecule has 0 aromatic heterocycles. The van der Waals surface area contributed by atoms with Gasteiger partial charge < -0.3 is 10.2 Å². The molecular weight excluding hydrogens is 328 g/mol. The van der Waals surface area contributed by atoms with Gasteiger partial charge in [-0.1, -0.05) is 66.7 Å². The molecule has 4 rings (SSSR count). The van der Waals surface area contributed by atoms with Crippen LogP contribution in [-0.4, -0.2) is 13.1 Å². The maximum absolute atomic E-state index is 3.57. The molecule has 1 N–H and O–H groups in total. The molecule has 3 aromatic carbocycles. The number of hydrogen-bond donors (Lipinski definition) is 1. The number of fused-ring (bicyclic) bond motifs is 2. The van der Waals surface area contributed by atoms with E-state index < -0.39 is 0 Å². The largest absolute Gasteiger partial charge is 0.341 e. The number of rotatable bonds is 7. The van der Waals surface area contributed by atoms with Crippen molar-refractivity contribution in [3.8, 4) is 0 Å². The molecular formula is C25H28N2. The molecule has 0 unspecified atom stereocenters. The number of nitrogens with one attached hydrogen (secondary N) is 1. The number of unbranched alkanes of at least 4 members (excludes halogenated alkanes) is 1. The Morgan fingerprint density at radius 3 is 1.93 bits per heavy atom. The lowest BCUT2D eigenvalue weighted by Gasteiger charge is -2.27. The Labute approximate surface area is 162 Å². The first-order valence-electron chi connectivity index (χ1n) is 10.1. The molecule has 1 aliphatic rings. The zero-order valence-electron chi connectivity index (χ0n) is 15.9. The Hall–Kier alpha value is -2.58. The van der Waals surface area contributed by atoms with Gasteiger partial charge in [0.1, 0.15) is 0 Å². The molecule has 0 radical (unpaired) electrons. The third-order valence-corrected chi connectivity index (χ3v) is 5.39. The Bertz CT molecular complexity index is 809. The summed E-state index contributed by atoms with van der Waals surface area (Å²) in [5.74, 6) is 0. The van der Waals surface area contributed by atoms with Crippen molar-refractivity contribution in [2.75, 3.05) is 18.0 Å². The number of benzene rings is 3. The van der Waals surface area contributed by atoms with Crippen LogP contribution in [0, 0.1) is 0 Å². The van der Waals surface area contributed by atoms with E-state index in [1.807, 2.05) is 0 Å². The second-order valence-corrected chi connectivity index (χ2v) is 7.28. The number of para-hydroxylation sites is 2. The van der Waals surface area contributed by atoms with Gasteiger partial charge in [0.15, 0.2) is 0 Å². The Morgan fingerprint density at radius 2 is 1.26 bits per heavy atom. The molecule has 2 heteroatoms. The smallest absolute Gasteiger partial charge is 0.0443 e. The Morgan fingerprint density at radius 1 is 0.667 bits per heavy atom. The van der Waals surface area contributed by atoms with Crippen LogP contribution in [0.3, 0.4) is 0 Å². The van der Waals surface area contributed by atoms with Gasteiger partial charge in [-0.2, -0.15) is 0 Å². The van der Waals surface area contributed by atoms with E-state index in [1.54, 1.807) is 0 Å². The molecule has 0 saturated heterocycles. The van der Waals surface area contributed by atoms with Gasteiger partial charge in [-0.25, -0.2) is 0 Å². The average Bonchev–Trinajstić information content (AvgIpc) is 2.89. The van der Waals surface area contributed by atoms with Gasteiger partial charge in [0.2, 0.25) is 0 Å². The summed E-state index contributed by atoms with van der Waals surface area (Å²) in [6, 6.07) is 28.4. The highest BCUT2D eigenvalue weighted by Crippen LogP contribution is 2.35. The van der Waals surface area contributed by atoms with Crippen molar-refractivity contribution in [3.05, 3.63) is 95.6 Å². The molecule has 0 atom stereocenters. The van der Waals surface area contributed by atoms with Crippen LogP contribution in [0.5, 0.6) is 0 Å². The topological polar surface area (TPSA) is 15.3 Å². The van der Waals surface area contributed by atoms with Crippen LogP contribution in [0.15, 0.2) is 78.9 Å². The maximum atomic E-state index is 3.57. The number of nitrogens with zero attached hydrogens (tertiary/aromatic N) is 1. The molecule has 0 aliphatic carbocycles. The van der Waals surface area contributed by atoms with Crippen LogP contribution in [0.1, 0.15) is 29.5 Å². The van der Waals surface area contributed by atoms with Gasteiger partial charge in [0.25, 0.3) is 0 Å². The monoisotopic (exact) mass is 356 g/mol. The highest BCUT2D eigenvalue weighted by Gasteiger charge is 2.19. The second kappa shape index (κ2) is 8.88. The van der Waals surface area contributed by atoms with E-state index in [9.17, 15) is 0 Å². The van der Waals surface area contributed by atoms with Crippen LogP contribution in [-0.2, 0) is 19.4 Å². The molecule has 3 aromatic rings. The van der Waals surface area contributed by atoms with E-state index in [0.717, 1.165) is 32.5 Å². The molecule has 0 saturated carbocycles. The summed E-state index contributed by atoms with van der Waals surface area (Å²) < 4.78 is 0. The van der Waals surface area contributed by atoms with Crippen molar-refractivity contribution in [2.45, 2.75) is 32.2 Å². The van der Waals surface area contributed by atoms with Crippen molar-refractivity contribution in [3.63, 3.8) is 0 Å². The van der Waals surface area contributed by atoms with E-state index >= 15 is 0 Å². The van der Waals surface area contributed by atoms with Crippen molar-refractivity contribution < 1.29 is 0 Å². The molecule has 1 aliphatic heterocycles. The standard InChI is InChI=1S/C25H28N2/c1-2-10-21(11-3-1)20-26-18-8-9-19-27-24-14-6-4-12-22(24)16-17-23-13-5-7-15-25(23)27/h1-7,10-15,26H,8-9,16-20H2. The molecule has 2 nitrogen and oxygen atoms in total. The second-order valence-electron chi connectivity index (χ2n) is 7.28. The summed E-state index contributed by atoms with van der Waals surface area (Å²) >= 11 is 0. The molecule has 1 heterocycles. The van der Waals surface area contributed by atoms with Gasteiger partial charge in [-0.05, 0) is 61.1 Å². The highest BCUT2D eigenvalue weighted by molar-refractivity contribution is 5.71. The van der Waals surface area contributed by atoms with Gasteiger partial charge in [0.05, 0.1) is 0 Å². The van der Waals surface area contributed by atoms with E-state index in [-0.39, 0.29) is 0 Å². The lowest BCUT2D eigenvalue weighted by Crippen LogP contribution is -2.21. The third kappa shape index (κ3) is 4.40. The normalized spacial score (nSPS) is 13.0. The molecule has 0 amide bonds. The van der Waals surface area contributed by atoms with Crippen LogP contribution in [0.2, 0.25) is 0 Å². The minimum absolute atomic E-state index is 0.955. The summed E-state index contributed by atoms with van der Waals surface area (Å²) in [7, 11) is 0. The van der Waals surface area contributed by atoms with Crippen molar-refractivity contribution in [1.29, 1.82) is 0 Å². The minimum atomic E-state index is 0.955. The molecule has 27 heavy (non-hydrogen) atoms. The van der Waals surface area contributed by atoms with Crippen LogP contribution < -0.4 is 10.2 Å². The summed E-state index contributed by atoms with van der Waals surface area (Å²) in [6.07, 6.45) is 4.63. The number of hydrogen-bond acceptors (Lipinski definition) is 2. The number of aryl methyl sites for hydroxylation is 2. The lowest BCUT2D eigenvalue weighted by atomic mass is 10.0. The molecule has 0 spiro atoms. The fourth-order valence-corrected chi connectivity index (χ4v) is 3.96. The molecule has 0 bridgehead atoms. The third-order valence-electron chi connectivity index (χ3n) is 5.39. The zero-order chi connectivity index (χ0) is 18.3. The summed E-state index contributed by atoms with van der Waals surface area (Å²) in [5.41, 5.74) is 7.07. The van der Waals surface area contributed by atoms with E-state index in [2.05, 4.69) is 89.1 Å². The van der Waals surface area contributed by atoms with Crippen molar-refractivity contribution in [2.24, 2.45) is 0 Å². The predicted octanol–water partition coefficient (Wildman–Crippen LogP) is 5.49. The predicted molar refractivity (Wildman–Crippen MR) is 115 cm³/mol. The fourth-order valence-electron chi connectivity index (χ4n) is 3.96. The zero-order valence-corrected chi connectivity index (χ0v) is 15.9. The summed E-state index contributed by atoms with van der Waals surface area (Å²) in [4.78, 5) is 2.54.